The van der Waals surface area contributed by atoms with Gasteiger partial charge in [0.2, 0.25) is 11.8 Å². The number of hydrogen-bond acceptors (Lipinski definition) is 2. The first kappa shape index (κ1) is 15.8. The monoisotopic (exact) mass is 312 g/mol. The van der Waals surface area contributed by atoms with Gasteiger partial charge in [0, 0.05) is 25.7 Å². The van der Waals surface area contributed by atoms with Gasteiger partial charge >= 0.3 is 0 Å². The van der Waals surface area contributed by atoms with Crippen LogP contribution in [0.5, 0.6) is 0 Å². The van der Waals surface area contributed by atoms with Crippen LogP contribution in [-0.4, -0.2) is 47.3 Å². The van der Waals surface area contributed by atoms with Crippen LogP contribution in [0, 0.1) is 0 Å². The zero-order valence-electron chi connectivity index (χ0n) is 13.7. The highest BCUT2D eigenvalue weighted by Crippen LogP contribution is 2.33. The Morgan fingerprint density at radius 1 is 1.26 bits per heavy atom. The number of carbonyl (C=O) groups is 2. The van der Waals surface area contributed by atoms with E-state index in [9.17, 15) is 9.59 Å². The summed E-state index contributed by atoms with van der Waals surface area (Å²) in [5, 5.41) is 0. The molecule has 1 fully saturated rings. The summed E-state index contributed by atoms with van der Waals surface area (Å²) in [6.45, 7) is 7.35. The second kappa shape index (κ2) is 6.57. The molecule has 2 aliphatic rings. The van der Waals surface area contributed by atoms with Gasteiger partial charge < -0.3 is 9.80 Å². The predicted molar refractivity (Wildman–Crippen MR) is 90.1 cm³/mol. The van der Waals surface area contributed by atoms with E-state index in [2.05, 4.69) is 18.7 Å². The average molecular weight is 312 g/mol. The van der Waals surface area contributed by atoms with E-state index in [-0.39, 0.29) is 23.8 Å². The van der Waals surface area contributed by atoms with Gasteiger partial charge in [0.1, 0.15) is 0 Å². The van der Waals surface area contributed by atoms with Crippen LogP contribution >= 0.6 is 0 Å². The summed E-state index contributed by atoms with van der Waals surface area (Å²) < 4.78 is 0. The van der Waals surface area contributed by atoms with E-state index in [0.717, 1.165) is 19.3 Å². The summed E-state index contributed by atoms with van der Waals surface area (Å²) in [5.74, 6) is 0.145. The van der Waals surface area contributed by atoms with E-state index in [1.54, 1.807) is 4.90 Å². The van der Waals surface area contributed by atoms with Crippen molar-refractivity contribution in [3.8, 4) is 0 Å². The number of hydrogen-bond donors (Lipinski definition) is 0. The number of carbonyl (C=O) groups excluding carboxylic acids is 2. The molecule has 0 aromatic heterocycles. The van der Waals surface area contributed by atoms with Crippen molar-refractivity contribution in [2.45, 2.75) is 38.1 Å². The fourth-order valence-electron chi connectivity index (χ4n) is 3.82. The number of fused-ring (bicyclic) bond motifs is 1. The predicted octanol–water partition coefficient (Wildman–Crippen LogP) is 2.35. The smallest absolute Gasteiger partial charge is 0.246 e. The Morgan fingerprint density at radius 3 is 2.78 bits per heavy atom. The second-order valence-corrected chi connectivity index (χ2v) is 6.51. The van der Waals surface area contributed by atoms with Gasteiger partial charge in [0.05, 0.1) is 5.92 Å². The molecule has 0 N–H and O–H groups in total. The van der Waals surface area contributed by atoms with E-state index in [4.69, 9.17) is 0 Å². The first-order valence-electron chi connectivity index (χ1n) is 8.41. The van der Waals surface area contributed by atoms with Crippen LogP contribution in [0.1, 0.15) is 36.8 Å². The Balaban J connectivity index is 1.75. The summed E-state index contributed by atoms with van der Waals surface area (Å²) in [6, 6.07) is 8.36. The lowest BCUT2D eigenvalue weighted by Crippen LogP contribution is -2.56. The second-order valence-electron chi connectivity index (χ2n) is 6.51. The standard InChI is InChI=1S/C19H24N2O2/c1-3-18(22)20-11-12-21(14(2)13-20)19(23)17-10-6-8-15-7-4-5-9-16(15)17/h3-5,7,9,14,17H,1,6,8,10-13H2,2H3/t14-,17-/m0/s1. The lowest BCUT2D eigenvalue weighted by Gasteiger charge is -2.41. The average Bonchev–Trinajstić information content (AvgIpc) is 2.59. The highest BCUT2D eigenvalue weighted by molar-refractivity contribution is 5.88. The lowest BCUT2D eigenvalue weighted by atomic mass is 9.82. The molecule has 0 bridgehead atoms. The minimum atomic E-state index is -0.0491. The van der Waals surface area contributed by atoms with Crippen molar-refractivity contribution >= 4 is 11.8 Å². The summed E-state index contributed by atoms with van der Waals surface area (Å²) >= 11 is 0. The zero-order chi connectivity index (χ0) is 16.4. The Labute approximate surface area is 137 Å². The Morgan fingerprint density at radius 2 is 2.04 bits per heavy atom. The molecule has 4 nitrogen and oxygen atoms in total. The van der Waals surface area contributed by atoms with Crippen LogP contribution in [0.25, 0.3) is 0 Å². The van der Waals surface area contributed by atoms with Gasteiger partial charge in [-0.05, 0) is 43.4 Å². The summed E-state index contributed by atoms with van der Waals surface area (Å²) in [6.07, 6.45) is 4.41. The number of nitrogens with zero attached hydrogens (tertiary/aromatic N) is 2. The van der Waals surface area contributed by atoms with E-state index in [0.29, 0.717) is 19.6 Å². The fraction of sp³-hybridized carbons (Fsp3) is 0.474. The molecule has 1 aromatic carbocycles. The molecule has 0 spiro atoms. The minimum absolute atomic E-state index is 0.0240. The van der Waals surface area contributed by atoms with Crippen molar-refractivity contribution in [2.24, 2.45) is 0 Å². The minimum Gasteiger partial charge on any atom is -0.336 e. The van der Waals surface area contributed by atoms with Crippen LogP contribution in [-0.2, 0) is 16.0 Å². The third-order valence-electron chi connectivity index (χ3n) is 5.06. The van der Waals surface area contributed by atoms with Crippen LogP contribution < -0.4 is 0 Å². The molecule has 1 aliphatic heterocycles. The fourth-order valence-corrected chi connectivity index (χ4v) is 3.82. The van der Waals surface area contributed by atoms with Crippen LogP contribution in [0.3, 0.4) is 0 Å². The van der Waals surface area contributed by atoms with E-state index >= 15 is 0 Å². The number of benzene rings is 1. The van der Waals surface area contributed by atoms with Crippen LogP contribution in [0.15, 0.2) is 36.9 Å². The third kappa shape index (κ3) is 3.03. The maximum absolute atomic E-state index is 13.1. The molecular formula is C19H24N2O2. The normalized spacial score (nSPS) is 24.0. The number of amides is 2. The van der Waals surface area contributed by atoms with Crippen LogP contribution in [0.2, 0.25) is 0 Å². The molecule has 0 unspecified atom stereocenters. The topological polar surface area (TPSA) is 40.6 Å². The van der Waals surface area contributed by atoms with Gasteiger partial charge in [-0.1, -0.05) is 30.8 Å². The van der Waals surface area contributed by atoms with Gasteiger partial charge in [-0.2, -0.15) is 0 Å². The summed E-state index contributed by atoms with van der Waals surface area (Å²) in [4.78, 5) is 28.6. The van der Waals surface area contributed by atoms with Gasteiger partial charge in [-0.3, -0.25) is 9.59 Å². The Hall–Kier alpha value is -2.10. The van der Waals surface area contributed by atoms with Crippen molar-refractivity contribution in [3.63, 3.8) is 0 Å². The lowest BCUT2D eigenvalue weighted by molar-refractivity contribution is -0.141. The van der Waals surface area contributed by atoms with Crippen molar-refractivity contribution in [2.75, 3.05) is 19.6 Å². The van der Waals surface area contributed by atoms with Crippen molar-refractivity contribution in [3.05, 3.63) is 48.0 Å². The van der Waals surface area contributed by atoms with E-state index in [1.165, 1.54) is 17.2 Å². The molecule has 1 heterocycles. The molecule has 2 amide bonds. The highest BCUT2D eigenvalue weighted by Gasteiger charge is 2.35. The Kier molecular flexibility index (Phi) is 4.51. The molecule has 4 heteroatoms. The maximum atomic E-state index is 13.1. The summed E-state index contributed by atoms with van der Waals surface area (Å²) in [5.41, 5.74) is 2.51. The van der Waals surface area contributed by atoms with E-state index < -0.39 is 0 Å². The first-order valence-corrected chi connectivity index (χ1v) is 8.41. The molecule has 23 heavy (non-hydrogen) atoms. The Bertz CT molecular complexity index is 626. The molecule has 0 radical (unpaired) electrons. The quantitative estimate of drug-likeness (QED) is 0.787. The summed E-state index contributed by atoms with van der Waals surface area (Å²) in [7, 11) is 0. The van der Waals surface area contributed by atoms with Crippen LogP contribution in [0.4, 0.5) is 0 Å². The van der Waals surface area contributed by atoms with Gasteiger partial charge in [0.15, 0.2) is 0 Å². The van der Waals surface area contributed by atoms with Crippen molar-refractivity contribution in [1.29, 1.82) is 0 Å². The third-order valence-corrected chi connectivity index (χ3v) is 5.06. The molecule has 1 saturated heterocycles. The van der Waals surface area contributed by atoms with Crippen molar-refractivity contribution in [1.82, 2.24) is 9.80 Å². The molecule has 2 atom stereocenters. The molecule has 3 rings (SSSR count). The van der Waals surface area contributed by atoms with E-state index in [1.807, 2.05) is 24.0 Å². The number of piperazine rings is 1. The molecule has 0 saturated carbocycles. The molecule has 1 aromatic rings. The number of rotatable bonds is 2. The first-order chi connectivity index (χ1) is 11.1. The van der Waals surface area contributed by atoms with Gasteiger partial charge in [-0.25, -0.2) is 0 Å². The number of aryl methyl sites for hydroxylation is 1. The molecule has 122 valence electrons. The largest absolute Gasteiger partial charge is 0.336 e. The van der Waals surface area contributed by atoms with Crippen molar-refractivity contribution < 1.29 is 9.59 Å². The van der Waals surface area contributed by atoms with Gasteiger partial charge in [0.25, 0.3) is 0 Å². The molecular weight excluding hydrogens is 288 g/mol. The molecule has 1 aliphatic carbocycles. The SMILES string of the molecule is C=CC(=O)N1CCN(C(=O)[C@H]2CCCc3ccccc32)[C@@H](C)C1. The maximum Gasteiger partial charge on any atom is 0.246 e. The van der Waals surface area contributed by atoms with Gasteiger partial charge in [-0.15, -0.1) is 0 Å². The highest BCUT2D eigenvalue weighted by atomic mass is 16.2. The zero-order valence-corrected chi connectivity index (χ0v) is 13.7.